The lowest BCUT2D eigenvalue weighted by atomic mass is 10.1. The highest BCUT2D eigenvalue weighted by molar-refractivity contribution is 5.99. The summed E-state index contributed by atoms with van der Waals surface area (Å²) in [6, 6.07) is 5.42. The highest BCUT2D eigenvalue weighted by atomic mass is 19.4. The summed E-state index contributed by atoms with van der Waals surface area (Å²) in [6.45, 7) is -0.245. The Morgan fingerprint density at radius 1 is 1.31 bits per heavy atom. The first-order valence-corrected chi connectivity index (χ1v) is 7.47. The fraction of sp³-hybridized carbons (Fsp3) is 0.312. The molecule has 2 aromatic rings. The van der Waals surface area contributed by atoms with Gasteiger partial charge in [-0.3, -0.25) is 9.59 Å². The van der Waals surface area contributed by atoms with E-state index in [1.54, 1.807) is 0 Å². The Morgan fingerprint density at radius 2 is 2.08 bits per heavy atom. The van der Waals surface area contributed by atoms with Crippen molar-refractivity contribution >= 4 is 17.6 Å². The molecule has 10 heteroatoms. The zero-order chi connectivity index (χ0) is 19.2. The zero-order valence-corrected chi connectivity index (χ0v) is 13.7. The number of hydrogen-bond acceptors (Lipinski definition) is 5. The molecule has 0 aliphatic carbocycles. The largest absolute Gasteiger partial charge is 0.416 e. The second kappa shape index (κ2) is 8.48. The van der Waals surface area contributed by atoms with Gasteiger partial charge in [-0.15, -0.1) is 0 Å². The summed E-state index contributed by atoms with van der Waals surface area (Å²) in [6.07, 6.45) is -3.32. The lowest BCUT2D eigenvalue weighted by Gasteiger charge is -2.22. The molecular weight excluding hydrogens is 355 g/mol. The van der Waals surface area contributed by atoms with Gasteiger partial charge in [-0.25, -0.2) is 0 Å². The number of anilines is 1. The molecule has 0 fully saturated rings. The third kappa shape index (κ3) is 5.31. The Bertz CT molecular complexity index is 747. The van der Waals surface area contributed by atoms with Crippen molar-refractivity contribution < 1.29 is 32.0 Å². The number of rotatable bonds is 7. The molecule has 0 saturated heterocycles. The van der Waals surface area contributed by atoms with E-state index in [-0.39, 0.29) is 31.1 Å². The minimum atomic E-state index is -4.57. The minimum absolute atomic E-state index is 0.0256. The molecule has 7 nitrogen and oxygen atoms in total. The fourth-order valence-electron chi connectivity index (χ4n) is 2.10. The van der Waals surface area contributed by atoms with Gasteiger partial charge in [0.2, 0.25) is 5.91 Å². The summed E-state index contributed by atoms with van der Waals surface area (Å²) in [5, 5.41) is 5.92. The van der Waals surface area contributed by atoms with E-state index in [4.69, 9.17) is 4.74 Å². The monoisotopic (exact) mass is 371 g/mol. The quantitative estimate of drug-likeness (QED) is 0.808. The van der Waals surface area contributed by atoms with Crippen molar-refractivity contribution in [3.05, 3.63) is 47.7 Å². The van der Waals surface area contributed by atoms with Gasteiger partial charge in [-0.05, 0) is 18.2 Å². The summed E-state index contributed by atoms with van der Waals surface area (Å²) in [7, 11) is 1.41. The van der Waals surface area contributed by atoms with Crippen LogP contribution >= 0.6 is 0 Å². The zero-order valence-electron chi connectivity index (χ0n) is 13.7. The molecule has 0 unspecified atom stereocenters. The van der Waals surface area contributed by atoms with Crippen LogP contribution in [0.15, 0.2) is 41.1 Å². The number of ether oxygens (including phenoxy) is 1. The summed E-state index contributed by atoms with van der Waals surface area (Å²) in [5.41, 5.74) is -1.12. The van der Waals surface area contributed by atoms with Crippen LogP contribution in [0.3, 0.4) is 0 Å². The highest BCUT2D eigenvalue weighted by Gasteiger charge is 2.31. The summed E-state index contributed by atoms with van der Waals surface area (Å²) in [5.74, 6) is -1.13. The normalized spacial score (nSPS) is 11.2. The maximum absolute atomic E-state index is 12.8. The van der Waals surface area contributed by atoms with Crippen LogP contribution in [0.5, 0.6) is 0 Å². The van der Waals surface area contributed by atoms with E-state index in [9.17, 15) is 22.8 Å². The first-order chi connectivity index (χ1) is 12.3. The molecule has 0 aliphatic rings. The molecule has 1 aromatic heterocycles. The van der Waals surface area contributed by atoms with Gasteiger partial charge in [0, 0.05) is 25.3 Å². The third-order valence-electron chi connectivity index (χ3n) is 3.33. The molecule has 0 radical (unpaired) electrons. The summed E-state index contributed by atoms with van der Waals surface area (Å²) in [4.78, 5) is 25.7. The summed E-state index contributed by atoms with van der Waals surface area (Å²) < 4.78 is 48.0. The van der Waals surface area contributed by atoms with Crippen molar-refractivity contribution in [3.63, 3.8) is 0 Å². The number of nitrogens with zero attached hydrogens (tertiary/aromatic N) is 2. The Balaban J connectivity index is 2.14. The Morgan fingerprint density at radius 3 is 2.69 bits per heavy atom. The molecule has 2 rings (SSSR count). The van der Waals surface area contributed by atoms with Gasteiger partial charge in [-0.1, -0.05) is 11.2 Å². The number of nitrogens with one attached hydrogen (secondary N) is 1. The highest BCUT2D eigenvalue weighted by Crippen LogP contribution is 2.29. The second-order valence-corrected chi connectivity index (χ2v) is 5.23. The van der Waals surface area contributed by atoms with Crippen LogP contribution in [-0.2, 0) is 15.7 Å². The smallest absolute Gasteiger partial charge is 0.383 e. The molecular formula is C16H16F3N3O4. The van der Waals surface area contributed by atoms with Crippen molar-refractivity contribution in [2.24, 2.45) is 0 Å². The topological polar surface area (TPSA) is 84.7 Å². The molecule has 2 amide bonds. The third-order valence-corrected chi connectivity index (χ3v) is 3.33. The molecule has 0 spiro atoms. The van der Waals surface area contributed by atoms with Crippen molar-refractivity contribution in [2.45, 2.75) is 6.18 Å². The standard InChI is InChI=1S/C16H16F3N3O4/c1-25-8-6-22(10-14(23)20-13-5-7-26-21-13)15(24)11-3-2-4-12(9-11)16(17,18)19/h2-5,7,9H,6,8,10H2,1H3,(H,20,21,23). The van der Waals surface area contributed by atoms with Crippen molar-refractivity contribution in [2.75, 3.05) is 32.1 Å². The molecule has 0 aliphatic heterocycles. The predicted octanol–water partition coefficient (Wildman–Crippen LogP) is 2.42. The number of methoxy groups -OCH3 is 1. The fourth-order valence-corrected chi connectivity index (χ4v) is 2.10. The molecule has 26 heavy (non-hydrogen) atoms. The lowest BCUT2D eigenvalue weighted by molar-refractivity contribution is -0.137. The maximum Gasteiger partial charge on any atom is 0.416 e. The Labute approximate surface area is 146 Å². The predicted molar refractivity (Wildman–Crippen MR) is 84.4 cm³/mol. The van der Waals surface area contributed by atoms with Crippen molar-refractivity contribution in [1.82, 2.24) is 10.1 Å². The molecule has 1 N–H and O–H groups in total. The number of benzene rings is 1. The van der Waals surface area contributed by atoms with Crippen molar-refractivity contribution in [1.29, 1.82) is 0 Å². The number of hydrogen-bond donors (Lipinski definition) is 1. The molecule has 1 heterocycles. The first kappa shape index (κ1) is 19.4. The number of carbonyl (C=O) groups excluding carboxylic acids is 2. The Hall–Kier alpha value is -2.88. The van der Waals surface area contributed by atoms with Gasteiger partial charge in [0.15, 0.2) is 5.82 Å². The van der Waals surface area contributed by atoms with Gasteiger partial charge < -0.3 is 19.5 Å². The van der Waals surface area contributed by atoms with Gasteiger partial charge in [0.1, 0.15) is 12.8 Å². The van der Waals surface area contributed by atoms with E-state index in [1.807, 2.05) is 0 Å². The SMILES string of the molecule is COCCN(CC(=O)Nc1ccon1)C(=O)c1cccc(C(F)(F)F)c1. The molecule has 0 atom stereocenters. The number of carbonyl (C=O) groups is 2. The van der Waals surface area contributed by atoms with Gasteiger partial charge >= 0.3 is 6.18 Å². The molecule has 140 valence electrons. The number of aromatic nitrogens is 1. The van der Waals surface area contributed by atoms with Crippen molar-refractivity contribution in [3.8, 4) is 0 Å². The maximum atomic E-state index is 12.8. The van der Waals surface area contributed by atoms with E-state index in [0.29, 0.717) is 0 Å². The van der Waals surface area contributed by atoms with E-state index in [0.717, 1.165) is 23.1 Å². The Kier molecular flexibility index (Phi) is 6.34. The number of alkyl halides is 3. The van der Waals surface area contributed by atoms with Gasteiger partial charge in [0.05, 0.1) is 12.2 Å². The van der Waals surface area contributed by atoms with Gasteiger partial charge in [0.25, 0.3) is 5.91 Å². The van der Waals surface area contributed by atoms with Crippen LogP contribution in [0.2, 0.25) is 0 Å². The average molecular weight is 371 g/mol. The van der Waals surface area contributed by atoms with E-state index in [2.05, 4.69) is 15.0 Å². The van der Waals surface area contributed by atoms with Crippen LogP contribution in [-0.4, -0.2) is 48.7 Å². The van der Waals surface area contributed by atoms with Crippen LogP contribution in [0, 0.1) is 0 Å². The van der Waals surface area contributed by atoms with Crippen LogP contribution in [0.25, 0.3) is 0 Å². The number of halogens is 3. The second-order valence-electron chi connectivity index (χ2n) is 5.23. The van der Waals surface area contributed by atoms with E-state index in [1.165, 1.54) is 25.5 Å². The van der Waals surface area contributed by atoms with E-state index >= 15 is 0 Å². The van der Waals surface area contributed by atoms with Crippen LogP contribution in [0.4, 0.5) is 19.0 Å². The number of amides is 2. The van der Waals surface area contributed by atoms with E-state index < -0.39 is 23.6 Å². The molecule has 0 bridgehead atoms. The molecule has 0 saturated carbocycles. The molecule has 1 aromatic carbocycles. The average Bonchev–Trinajstić information content (AvgIpc) is 3.10. The first-order valence-electron chi connectivity index (χ1n) is 7.47. The van der Waals surface area contributed by atoms with Crippen LogP contribution < -0.4 is 5.32 Å². The van der Waals surface area contributed by atoms with Crippen LogP contribution in [0.1, 0.15) is 15.9 Å². The minimum Gasteiger partial charge on any atom is -0.383 e. The summed E-state index contributed by atoms with van der Waals surface area (Å²) >= 11 is 0. The van der Waals surface area contributed by atoms with Gasteiger partial charge in [-0.2, -0.15) is 13.2 Å². The lowest BCUT2D eigenvalue weighted by Crippen LogP contribution is -2.40.